The lowest BCUT2D eigenvalue weighted by Gasteiger charge is -2.37. The van der Waals surface area contributed by atoms with Crippen molar-refractivity contribution >= 4 is 24.2 Å². The molecule has 0 aliphatic heterocycles. The van der Waals surface area contributed by atoms with E-state index in [4.69, 9.17) is 10.5 Å². The second-order valence-corrected chi connectivity index (χ2v) is 7.25. The van der Waals surface area contributed by atoms with Gasteiger partial charge in [0.15, 0.2) is 6.61 Å². The molecule has 2 amide bonds. The molecule has 2 atom stereocenters. The Kier molecular flexibility index (Phi) is 8.37. The van der Waals surface area contributed by atoms with Gasteiger partial charge in [-0.25, -0.2) is 0 Å². The summed E-state index contributed by atoms with van der Waals surface area (Å²) < 4.78 is 5.50. The van der Waals surface area contributed by atoms with Crippen LogP contribution in [0, 0.1) is 5.92 Å². The maximum Gasteiger partial charge on any atom is 0.259 e. The summed E-state index contributed by atoms with van der Waals surface area (Å²) in [5, 5.41) is 2.98. The van der Waals surface area contributed by atoms with E-state index in [0.29, 0.717) is 12.3 Å². The van der Waals surface area contributed by atoms with Gasteiger partial charge in [0.25, 0.3) is 5.91 Å². The first-order valence-electron chi connectivity index (χ1n) is 8.78. The van der Waals surface area contributed by atoms with Crippen molar-refractivity contribution in [2.75, 3.05) is 20.7 Å². The predicted octanol–water partition coefficient (Wildman–Crippen LogP) is 2.10. The van der Waals surface area contributed by atoms with Crippen molar-refractivity contribution in [3.63, 3.8) is 0 Å². The molecular weight excluding hydrogens is 354 g/mol. The molecule has 3 N–H and O–H groups in total. The van der Waals surface area contributed by atoms with Crippen LogP contribution < -0.4 is 15.8 Å². The monoisotopic (exact) mass is 383 g/mol. The summed E-state index contributed by atoms with van der Waals surface area (Å²) in [6.07, 6.45) is 3.86. The number of likely N-dealkylation sites (N-methyl/N-ethyl adjacent to an activating group) is 1. The van der Waals surface area contributed by atoms with E-state index in [1.807, 2.05) is 25.1 Å². The standard InChI is InChI=1S/C19H29N3O3.ClH/c1-19(20)10-5-4-9-16(19)18(24)21-12-14-7-6-8-15(11-14)25-13-17(23)22(2)3;/h6-8,11,16H,4-5,9-10,12-13,20H2,1-3H3,(H,21,24);1H. The lowest BCUT2D eigenvalue weighted by molar-refractivity contribution is -0.131. The van der Waals surface area contributed by atoms with Crippen LogP contribution in [0.4, 0.5) is 0 Å². The molecule has 0 bridgehead atoms. The summed E-state index contributed by atoms with van der Waals surface area (Å²) in [5.74, 6) is 0.388. The van der Waals surface area contributed by atoms with Gasteiger partial charge in [0.05, 0.1) is 5.92 Å². The van der Waals surface area contributed by atoms with E-state index in [1.54, 1.807) is 20.2 Å². The van der Waals surface area contributed by atoms with Crippen molar-refractivity contribution in [3.8, 4) is 5.75 Å². The summed E-state index contributed by atoms with van der Waals surface area (Å²) in [7, 11) is 3.38. The molecular formula is C19H30ClN3O3. The van der Waals surface area contributed by atoms with E-state index in [1.165, 1.54) is 4.90 Å². The maximum absolute atomic E-state index is 12.5. The van der Waals surface area contributed by atoms with Gasteiger partial charge >= 0.3 is 0 Å². The van der Waals surface area contributed by atoms with E-state index in [9.17, 15) is 9.59 Å². The van der Waals surface area contributed by atoms with Gasteiger partial charge in [-0.1, -0.05) is 25.0 Å². The zero-order valence-electron chi connectivity index (χ0n) is 15.8. The Hall–Kier alpha value is -1.79. The van der Waals surface area contributed by atoms with E-state index in [2.05, 4.69) is 5.32 Å². The van der Waals surface area contributed by atoms with Crippen LogP contribution in [0.25, 0.3) is 0 Å². The van der Waals surface area contributed by atoms with Gasteiger partial charge in [-0.05, 0) is 37.5 Å². The predicted molar refractivity (Wildman–Crippen MR) is 104 cm³/mol. The van der Waals surface area contributed by atoms with Crippen molar-refractivity contribution in [2.45, 2.75) is 44.7 Å². The molecule has 0 heterocycles. The summed E-state index contributed by atoms with van der Waals surface area (Å²) in [4.78, 5) is 25.6. The van der Waals surface area contributed by atoms with Crippen molar-refractivity contribution in [1.29, 1.82) is 0 Å². The van der Waals surface area contributed by atoms with Gasteiger partial charge in [0, 0.05) is 26.2 Å². The second kappa shape index (κ2) is 9.78. The molecule has 1 fully saturated rings. The Morgan fingerprint density at radius 2 is 2.08 bits per heavy atom. The van der Waals surface area contributed by atoms with Crippen LogP contribution in [0.5, 0.6) is 5.75 Å². The molecule has 1 aromatic carbocycles. The third kappa shape index (κ3) is 6.18. The van der Waals surface area contributed by atoms with Crippen LogP contribution in [-0.4, -0.2) is 43.0 Å². The van der Waals surface area contributed by atoms with E-state index < -0.39 is 5.54 Å². The first-order valence-corrected chi connectivity index (χ1v) is 8.78. The summed E-state index contributed by atoms with van der Waals surface area (Å²) in [6, 6.07) is 7.41. The minimum Gasteiger partial charge on any atom is -0.484 e. The second-order valence-electron chi connectivity index (χ2n) is 7.25. The number of rotatable bonds is 6. The molecule has 146 valence electrons. The highest BCUT2D eigenvalue weighted by molar-refractivity contribution is 5.85. The summed E-state index contributed by atoms with van der Waals surface area (Å²) in [6.45, 7) is 2.38. The number of carbonyl (C=O) groups excluding carboxylic acids is 2. The topological polar surface area (TPSA) is 84.7 Å². The molecule has 1 aliphatic carbocycles. The Morgan fingerprint density at radius 3 is 2.73 bits per heavy atom. The summed E-state index contributed by atoms with van der Waals surface area (Å²) in [5.41, 5.74) is 6.79. The van der Waals surface area contributed by atoms with Crippen LogP contribution in [-0.2, 0) is 16.1 Å². The van der Waals surface area contributed by atoms with Gasteiger partial charge in [-0.2, -0.15) is 0 Å². The number of ether oxygens (including phenoxy) is 1. The number of hydrogen-bond donors (Lipinski definition) is 2. The minimum atomic E-state index is -0.431. The normalized spacial score (nSPS) is 22.1. The fraction of sp³-hybridized carbons (Fsp3) is 0.579. The third-order valence-electron chi connectivity index (χ3n) is 4.80. The van der Waals surface area contributed by atoms with Crippen LogP contribution in [0.15, 0.2) is 24.3 Å². The number of amides is 2. The van der Waals surface area contributed by atoms with Gasteiger partial charge < -0.3 is 20.7 Å². The van der Waals surface area contributed by atoms with E-state index in [-0.39, 0.29) is 36.7 Å². The minimum absolute atomic E-state index is 0. The SMILES string of the molecule is CN(C)C(=O)COc1cccc(CNC(=O)C2CCCCC2(C)N)c1.Cl. The highest BCUT2D eigenvalue weighted by Gasteiger charge is 2.37. The number of hydrogen-bond acceptors (Lipinski definition) is 4. The van der Waals surface area contributed by atoms with E-state index >= 15 is 0 Å². The fourth-order valence-corrected chi connectivity index (χ4v) is 3.12. The van der Waals surface area contributed by atoms with Crippen molar-refractivity contribution < 1.29 is 14.3 Å². The van der Waals surface area contributed by atoms with Crippen molar-refractivity contribution in [3.05, 3.63) is 29.8 Å². The number of nitrogens with one attached hydrogen (secondary N) is 1. The molecule has 0 saturated heterocycles. The molecule has 6 nitrogen and oxygen atoms in total. The number of halogens is 1. The molecule has 7 heteroatoms. The number of carbonyl (C=O) groups is 2. The van der Waals surface area contributed by atoms with Crippen LogP contribution in [0.3, 0.4) is 0 Å². The Balaban J connectivity index is 0.00000338. The average molecular weight is 384 g/mol. The van der Waals surface area contributed by atoms with Gasteiger partial charge in [0.1, 0.15) is 5.75 Å². The largest absolute Gasteiger partial charge is 0.484 e. The molecule has 0 radical (unpaired) electrons. The zero-order valence-corrected chi connectivity index (χ0v) is 16.6. The number of nitrogens with two attached hydrogens (primary N) is 1. The van der Waals surface area contributed by atoms with Crippen LogP contribution in [0.1, 0.15) is 38.2 Å². The van der Waals surface area contributed by atoms with Crippen molar-refractivity contribution in [1.82, 2.24) is 10.2 Å². The zero-order chi connectivity index (χ0) is 18.4. The molecule has 26 heavy (non-hydrogen) atoms. The molecule has 2 unspecified atom stereocenters. The quantitative estimate of drug-likeness (QED) is 0.787. The highest BCUT2D eigenvalue weighted by atomic mass is 35.5. The number of nitrogens with zero attached hydrogens (tertiary/aromatic N) is 1. The van der Waals surface area contributed by atoms with Gasteiger partial charge in [-0.3, -0.25) is 9.59 Å². The summed E-state index contributed by atoms with van der Waals surface area (Å²) >= 11 is 0. The smallest absolute Gasteiger partial charge is 0.259 e. The molecule has 1 saturated carbocycles. The Bertz CT molecular complexity index is 620. The maximum atomic E-state index is 12.5. The first-order chi connectivity index (χ1) is 11.8. The third-order valence-corrected chi connectivity index (χ3v) is 4.80. The van der Waals surface area contributed by atoms with E-state index in [0.717, 1.165) is 31.2 Å². The Morgan fingerprint density at radius 1 is 1.35 bits per heavy atom. The van der Waals surface area contributed by atoms with Crippen LogP contribution >= 0.6 is 12.4 Å². The first kappa shape index (κ1) is 22.3. The fourth-order valence-electron chi connectivity index (χ4n) is 3.12. The lowest BCUT2D eigenvalue weighted by Crippen LogP contribution is -2.52. The Labute approximate surface area is 161 Å². The van der Waals surface area contributed by atoms with Crippen LogP contribution in [0.2, 0.25) is 0 Å². The van der Waals surface area contributed by atoms with Crippen molar-refractivity contribution in [2.24, 2.45) is 11.7 Å². The molecule has 0 spiro atoms. The number of benzene rings is 1. The molecule has 0 aromatic heterocycles. The average Bonchev–Trinajstić information content (AvgIpc) is 2.57. The van der Waals surface area contributed by atoms with Gasteiger partial charge in [0.2, 0.25) is 5.91 Å². The van der Waals surface area contributed by atoms with Gasteiger partial charge in [-0.15, -0.1) is 12.4 Å². The lowest BCUT2D eigenvalue weighted by atomic mass is 9.74. The highest BCUT2D eigenvalue weighted by Crippen LogP contribution is 2.31. The molecule has 1 aliphatic rings. The molecule has 2 rings (SSSR count). The molecule has 1 aromatic rings.